The van der Waals surface area contributed by atoms with Gasteiger partial charge in [-0.25, -0.2) is 14.4 Å². The summed E-state index contributed by atoms with van der Waals surface area (Å²) in [7, 11) is 0. The second-order valence-corrected chi connectivity index (χ2v) is 7.48. The molecule has 2 rings (SSSR count). The molecule has 0 aliphatic carbocycles. The summed E-state index contributed by atoms with van der Waals surface area (Å²) in [5, 5.41) is 0. The van der Waals surface area contributed by atoms with Crippen molar-refractivity contribution in [2.45, 2.75) is 84.2 Å². The molecule has 1 atom stereocenters. The number of aryl methyl sites for hydroxylation is 1. The van der Waals surface area contributed by atoms with Gasteiger partial charge in [0.25, 0.3) is 0 Å². The molecule has 0 aliphatic heterocycles. The molecular formula is C24H35FN2O. The molecule has 1 aromatic heterocycles. The van der Waals surface area contributed by atoms with Crippen LogP contribution in [-0.2, 0) is 6.42 Å². The minimum Gasteiger partial charge on any atom is -0.493 e. The van der Waals surface area contributed by atoms with Crippen LogP contribution in [0.3, 0.4) is 0 Å². The topological polar surface area (TPSA) is 35.0 Å². The maximum absolute atomic E-state index is 13.6. The molecular weight excluding hydrogens is 351 g/mol. The van der Waals surface area contributed by atoms with Gasteiger partial charge in [-0.05, 0) is 49.1 Å². The Labute approximate surface area is 169 Å². The van der Waals surface area contributed by atoms with Crippen molar-refractivity contribution in [3.63, 3.8) is 0 Å². The van der Waals surface area contributed by atoms with Crippen molar-refractivity contribution in [1.29, 1.82) is 0 Å². The first kappa shape index (κ1) is 22.3. The molecule has 1 unspecified atom stereocenters. The van der Waals surface area contributed by atoms with Gasteiger partial charge in [0.1, 0.15) is 11.9 Å². The van der Waals surface area contributed by atoms with Crippen LogP contribution in [0.15, 0.2) is 36.7 Å². The maximum atomic E-state index is 13.6. The Morgan fingerprint density at radius 3 is 2.21 bits per heavy atom. The van der Waals surface area contributed by atoms with Crippen molar-refractivity contribution in [3.05, 3.63) is 42.2 Å². The van der Waals surface area contributed by atoms with E-state index >= 15 is 0 Å². The van der Waals surface area contributed by atoms with Gasteiger partial charge in [0, 0.05) is 24.4 Å². The summed E-state index contributed by atoms with van der Waals surface area (Å²) in [4.78, 5) is 9.01. The van der Waals surface area contributed by atoms with Gasteiger partial charge in [0.2, 0.25) is 0 Å². The number of alkyl halides is 1. The largest absolute Gasteiger partial charge is 0.493 e. The molecule has 0 fully saturated rings. The van der Waals surface area contributed by atoms with Gasteiger partial charge >= 0.3 is 0 Å². The third kappa shape index (κ3) is 8.37. The smallest absolute Gasteiger partial charge is 0.159 e. The van der Waals surface area contributed by atoms with Crippen LogP contribution in [-0.4, -0.2) is 22.7 Å². The summed E-state index contributed by atoms with van der Waals surface area (Å²) in [6.45, 7) is 4.73. The Morgan fingerprint density at radius 1 is 0.857 bits per heavy atom. The number of unbranched alkanes of at least 4 members (excludes halogenated alkanes) is 5. The molecule has 0 spiro atoms. The van der Waals surface area contributed by atoms with E-state index in [0.717, 1.165) is 36.4 Å². The number of aromatic nitrogens is 2. The van der Waals surface area contributed by atoms with Gasteiger partial charge in [0.15, 0.2) is 5.82 Å². The van der Waals surface area contributed by atoms with Crippen LogP contribution >= 0.6 is 0 Å². The van der Waals surface area contributed by atoms with E-state index in [1.165, 1.54) is 37.7 Å². The van der Waals surface area contributed by atoms with E-state index in [-0.39, 0.29) is 0 Å². The number of benzene rings is 1. The summed E-state index contributed by atoms with van der Waals surface area (Å²) < 4.78 is 19.3. The minimum absolute atomic E-state index is 0.410. The van der Waals surface area contributed by atoms with E-state index in [1.807, 2.05) is 36.7 Å². The fourth-order valence-corrected chi connectivity index (χ4v) is 3.14. The average molecular weight is 387 g/mol. The number of nitrogens with zero attached hydrogens (tertiary/aromatic N) is 2. The van der Waals surface area contributed by atoms with Crippen LogP contribution in [0.1, 0.15) is 77.2 Å². The molecule has 28 heavy (non-hydrogen) atoms. The maximum Gasteiger partial charge on any atom is 0.159 e. The zero-order chi connectivity index (χ0) is 20.0. The Kier molecular flexibility index (Phi) is 10.6. The van der Waals surface area contributed by atoms with Gasteiger partial charge in [0.05, 0.1) is 6.61 Å². The van der Waals surface area contributed by atoms with Crippen LogP contribution in [0.5, 0.6) is 5.75 Å². The zero-order valence-corrected chi connectivity index (χ0v) is 17.5. The highest BCUT2D eigenvalue weighted by atomic mass is 19.1. The third-order valence-corrected chi connectivity index (χ3v) is 4.96. The molecule has 0 N–H and O–H groups in total. The molecule has 0 radical (unpaired) electrons. The minimum atomic E-state index is -0.766. The molecule has 1 heterocycles. The lowest BCUT2D eigenvalue weighted by atomic mass is 10.1. The Balaban J connectivity index is 1.76. The summed E-state index contributed by atoms with van der Waals surface area (Å²) in [5.74, 6) is 1.49. The van der Waals surface area contributed by atoms with E-state index in [0.29, 0.717) is 19.4 Å². The first-order valence-electron chi connectivity index (χ1n) is 10.9. The second kappa shape index (κ2) is 13.2. The van der Waals surface area contributed by atoms with Crippen LogP contribution < -0.4 is 4.74 Å². The van der Waals surface area contributed by atoms with Crippen molar-refractivity contribution in [3.8, 4) is 17.1 Å². The highest BCUT2D eigenvalue weighted by Crippen LogP contribution is 2.20. The summed E-state index contributed by atoms with van der Waals surface area (Å²) in [6.07, 6.45) is 13.6. The second-order valence-electron chi connectivity index (χ2n) is 7.48. The van der Waals surface area contributed by atoms with Gasteiger partial charge < -0.3 is 4.74 Å². The van der Waals surface area contributed by atoms with Crippen molar-refractivity contribution in [2.24, 2.45) is 0 Å². The van der Waals surface area contributed by atoms with Gasteiger partial charge in [-0.2, -0.15) is 0 Å². The quantitative estimate of drug-likeness (QED) is 0.329. The highest BCUT2D eigenvalue weighted by molar-refractivity contribution is 5.55. The van der Waals surface area contributed by atoms with Gasteiger partial charge in [-0.15, -0.1) is 0 Å². The Bertz CT molecular complexity index is 643. The lowest BCUT2D eigenvalue weighted by molar-refractivity contribution is 0.223. The average Bonchev–Trinajstić information content (AvgIpc) is 2.73. The van der Waals surface area contributed by atoms with Crippen molar-refractivity contribution < 1.29 is 9.13 Å². The number of hydrogen-bond acceptors (Lipinski definition) is 3. The van der Waals surface area contributed by atoms with Crippen LogP contribution in [0.4, 0.5) is 4.39 Å². The van der Waals surface area contributed by atoms with E-state index in [2.05, 4.69) is 23.8 Å². The van der Waals surface area contributed by atoms with Gasteiger partial charge in [-0.3, -0.25) is 0 Å². The fourth-order valence-electron chi connectivity index (χ4n) is 3.14. The number of halogens is 1. The molecule has 2 aromatic rings. The van der Waals surface area contributed by atoms with Crippen molar-refractivity contribution in [2.75, 3.05) is 6.61 Å². The third-order valence-electron chi connectivity index (χ3n) is 4.96. The van der Waals surface area contributed by atoms with E-state index < -0.39 is 6.17 Å². The summed E-state index contributed by atoms with van der Waals surface area (Å²) in [6, 6.07) is 7.72. The highest BCUT2D eigenvalue weighted by Gasteiger charge is 2.07. The molecule has 4 heteroatoms. The predicted octanol–water partition coefficient (Wildman–Crippen LogP) is 6.95. The first-order chi connectivity index (χ1) is 13.7. The molecule has 1 aromatic carbocycles. The van der Waals surface area contributed by atoms with Crippen LogP contribution in [0, 0.1) is 0 Å². The number of hydrogen-bond donors (Lipinski definition) is 0. The fraction of sp³-hybridized carbons (Fsp3) is 0.583. The summed E-state index contributed by atoms with van der Waals surface area (Å²) >= 11 is 0. The standard InChI is InChI=1S/C24H35FN2O/c1-3-5-7-8-9-10-20-18-26-24(27-19-20)21-12-14-23(15-13-21)28-17-16-22(25)11-6-4-2/h12-15,18-19,22H,3-11,16-17H2,1-2H3. The van der Waals surface area contributed by atoms with Crippen molar-refractivity contribution in [1.82, 2.24) is 9.97 Å². The van der Waals surface area contributed by atoms with Gasteiger partial charge in [-0.1, -0.05) is 52.4 Å². The monoisotopic (exact) mass is 386 g/mol. The normalized spacial score (nSPS) is 12.1. The molecule has 3 nitrogen and oxygen atoms in total. The summed E-state index contributed by atoms with van der Waals surface area (Å²) in [5.41, 5.74) is 2.16. The molecule has 0 saturated heterocycles. The van der Waals surface area contributed by atoms with E-state index in [4.69, 9.17) is 4.74 Å². The molecule has 0 saturated carbocycles. The SMILES string of the molecule is CCCCCCCc1cnc(-c2ccc(OCCC(F)CCCC)cc2)nc1. The molecule has 154 valence electrons. The Morgan fingerprint density at radius 2 is 1.54 bits per heavy atom. The zero-order valence-electron chi connectivity index (χ0n) is 17.5. The molecule has 0 amide bonds. The first-order valence-corrected chi connectivity index (χ1v) is 10.9. The Hall–Kier alpha value is -1.97. The number of ether oxygens (including phenoxy) is 1. The lowest BCUT2D eigenvalue weighted by Crippen LogP contribution is -2.07. The van der Waals surface area contributed by atoms with Crippen LogP contribution in [0.2, 0.25) is 0 Å². The molecule has 0 bridgehead atoms. The molecule has 0 aliphatic rings. The van der Waals surface area contributed by atoms with E-state index in [1.54, 1.807) is 0 Å². The predicted molar refractivity (Wildman–Crippen MR) is 114 cm³/mol. The van der Waals surface area contributed by atoms with Crippen molar-refractivity contribution >= 4 is 0 Å². The lowest BCUT2D eigenvalue weighted by Gasteiger charge is -2.10. The number of rotatable bonds is 14. The van der Waals surface area contributed by atoms with Crippen LogP contribution in [0.25, 0.3) is 11.4 Å². The van der Waals surface area contributed by atoms with E-state index in [9.17, 15) is 4.39 Å².